The van der Waals surface area contributed by atoms with Crippen LogP contribution in [-0.4, -0.2) is 30.0 Å². The molecule has 3 aromatic carbocycles. The number of hydrogen-bond donors (Lipinski definition) is 1. The van der Waals surface area contributed by atoms with Crippen molar-refractivity contribution in [3.63, 3.8) is 0 Å². The van der Waals surface area contributed by atoms with E-state index in [0.717, 1.165) is 39.0 Å². The molecule has 3 heterocycles. The van der Waals surface area contributed by atoms with Gasteiger partial charge in [0.05, 0.1) is 5.69 Å². The highest BCUT2D eigenvalue weighted by atomic mass is 32.1. The maximum Gasteiger partial charge on any atom is 0.235 e. The molecular formula is C26H20N6O2S. The van der Waals surface area contributed by atoms with Gasteiger partial charge in [0, 0.05) is 5.56 Å². The van der Waals surface area contributed by atoms with Gasteiger partial charge in [0.25, 0.3) is 0 Å². The first kappa shape index (κ1) is 21.1. The lowest BCUT2D eigenvalue weighted by molar-refractivity contribution is 0.296. The number of nitrogens with zero attached hydrogens (tertiary/aromatic N) is 5. The molecule has 9 heteroatoms. The summed E-state index contributed by atoms with van der Waals surface area (Å²) in [6, 6.07) is 29.6. The molecule has 0 fully saturated rings. The van der Waals surface area contributed by atoms with Gasteiger partial charge in [-0.15, -0.1) is 10.2 Å². The zero-order valence-corrected chi connectivity index (χ0v) is 19.4. The highest BCUT2D eigenvalue weighted by molar-refractivity contribution is 7.16. The van der Waals surface area contributed by atoms with Crippen LogP contribution in [-0.2, 0) is 13.2 Å². The van der Waals surface area contributed by atoms with Crippen molar-refractivity contribution in [1.29, 1.82) is 0 Å². The zero-order valence-electron chi connectivity index (χ0n) is 18.5. The van der Waals surface area contributed by atoms with Gasteiger partial charge in [0.1, 0.15) is 30.4 Å². The van der Waals surface area contributed by atoms with E-state index in [2.05, 4.69) is 25.5 Å². The normalized spacial score (nSPS) is 11.1. The molecule has 0 saturated carbocycles. The third-order valence-corrected chi connectivity index (χ3v) is 6.23. The first-order valence-corrected chi connectivity index (χ1v) is 11.9. The summed E-state index contributed by atoms with van der Waals surface area (Å²) < 4.78 is 13.5. The van der Waals surface area contributed by atoms with Gasteiger partial charge in [-0.25, -0.2) is 0 Å². The summed E-state index contributed by atoms with van der Waals surface area (Å²) in [5.41, 5.74) is 3.74. The molecule has 0 atom stereocenters. The van der Waals surface area contributed by atoms with Crippen molar-refractivity contribution in [2.75, 3.05) is 0 Å². The Morgan fingerprint density at radius 1 is 0.771 bits per heavy atom. The lowest BCUT2D eigenvalue weighted by Crippen LogP contribution is -1.98. The van der Waals surface area contributed by atoms with E-state index in [-0.39, 0.29) is 0 Å². The number of H-pyrrole nitrogens is 1. The zero-order chi connectivity index (χ0) is 23.5. The van der Waals surface area contributed by atoms with E-state index in [1.54, 1.807) is 4.52 Å². The minimum absolute atomic E-state index is 0.329. The van der Waals surface area contributed by atoms with Crippen LogP contribution in [0.4, 0.5) is 0 Å². The monoisotopic (exact) mass is 480 g/mol. The van der Waals surface area contributed by atoms with Crippen LogP contribution in [0.15, 0.2) is 91.0 Å². The molecule has 0 unspecified atom stereocenters. The molecule has 0 spiro atoms. The van der Waals surface area contributed by atoms with Gasteiger partial charge in [0.2, 0.25) is 10.8 Å². The predicted octanol–water partition coefficient (Wildman–Crippen LogP) is 5.40. The minimum Gasteiger partial charge on any atom is -0.489 e. The molecule has 0 amide bonds. The van der Waals surface area contributed by atoms with Crippen LogP contribution < -0.4 is 9.47 Å². The van der Waals surface area contributed by atoms with E-state index in [4.69, 9.17) is 9.47 Å². The molecule has 0 saturated heterocycles. The Morgan fingerprint density at radius 2 is 1.46 bits per heavy atom. The minimum atomic E-state index is 0.329. The second kappa shape index (κ2) is 9.40. The smallest absolute Gasteiger partial charge is 0.235 e. The Balaban J connectivity index is 1.11. The fraction of sp³-hybridized carbons (Fsp3) is 0.0769. The van der Waals surface area contributed by atoms with Crippen LogP contribution in [0.3, 0.4) is 0 Å². The van der Waals surface area contributed by atoms with E-state index in [9.17, 15) is 0 Å². The number of benzene rings is 3. The van der Waals surface area contributed by atoms with Crippen molar-refractivity contribution in [3.05, 3.63) is 102 Å². The second-order valence-electron chi connectivity index (χ2n) is 7.78. The van der Waals surface area contributed by atoms with Gasteiger partial charge < -0.3 is 9.47 Å². The van der Waals surface area contributed by atoms with Crippen LogP contribution in [0.1, 0.15) is 10.6 Å². The van der Waals surface area contributed by atoms with E-state index in [1.165, 1.54) is 11.3 Å². The van der Waals surface area contributed by atoms with E-state index in [1.807, 2.05) is 91.0 Å². The summed E-state index contributed by atoms with van der Waals surface area (Å²) >= 11 is 1.44. The third kappa shape index (κ3) is 4.62. The summed E-state index contributed by atoms with van der Waals surface area (Å²) in [7, 11) is 0. The highest BCUT2D eigenvalue weighted by Crippen LogP contribution is 2.25. The molecule has 172 valence electrons. The molecule has 3 aromatic heterocycles. The molecule has 0 aliphatic rings. The van der Waals surface area contributed by atoms with Gasteiger partial charge in [-0.2, -0.15) is 14.7 Å². The molecule has 0 aliphatic carbocycles. The Kier molecular flexibility index (Phi) is 5.65. The summed E-state index contributed by atoms with van der Waals surface area (Å²) in [6.45, 7) is 0.857. The van der Waals surface area contributed by atoms with Crippen LogP contribution in [0, 0.1) is 0 Å². The molecular weight excluding hydrogens is 460 g/mol. The van der Waals surface area contributed by atoms with Gasteiger partial charge in [-0.05, 0) is 35.9 Å². The van der Waals surface area contributed by atoms with Crippen LogP contribution in [0.5, 0.6) is 11.5 Å². The Morgan fingerprint density at radius 3 is 2.20 bits per heavy atom. The van der Waals surface area contributed by atoms with Crippen LogP contribution in [0.25, 0.3) is 27.7 Å². The van der Waals surface area contributed by atoms with Crippen molar-refractivity contribution in [1.82, 2.24) is 30.0 Å². The number of ether oxygens (including phenoxy) is 2. The van der Waals surface area contributed by atoms with Gasteiger partial charge >= 0.3 is 0 Å². The Bertz CT molecular complexity index is 1540. The van der Waals surface area contributed by atoms with Crippen molar-refractivity contribution >= 4 is 16.3 Å². The van der Waals surface area contributed by atoms with Gasteiger partial charge in [-0.1, -0.05) is 72.0 Å². The van der Waals surface area contributed by atoms with Gasteiger partial charge in [-0.3, -0.25) is 5.10 Å². The largest absolute Gasteiger partial charge is 0.489 e. The number of nitrogens with one attached hydrogen (secondary N) is 1. The van der Waals surface area contributed by atoms with Crippen molar-refractivity contribution in [2.45, 2.75) is 13.2 Å². The third-order valence-electron chi connectivity index (χ3n) is 5.36. The number of rotatable bonds is 8. The number of aromatic nitrogens is 6. The maximum absolute atomic E-state index is 5.93. The predicted molar refractivity (Wildman–Crippen MR) is 133 cm³/mol. The SMILES string of the molecule is c1ccc(COc2ccc(OCc3nn4c(-c5cc(-c6ccccc6)n[nH]5)nnc4s3)cc2)cc1. The molecule has 0 bridgehead atoms. The number of aromatic amines is 1. The second-order valence-corrected chi connectivity index (χ2v) is 8.82. The average Bonchev–Trinajstić information content (AvgIpc) is 3.64. The number of hydrogen-bond acceptors (Lipinski definition) is 7. The Hall–Kier alpha value is -4.50. The van der Waals surface area contributed by atoms with Crippen LogP contribution >= 0.6 is 11.3 Å². The van der Waals surface area contributed by atoms with E-state index in [0.29, 0.717) is 24.0 Å². The average molecular weight is 481 g/mol. The van der Waals surface area contributed by atoms with E-state index < -0.39 is 0 Å². The first-order chi connectivity index (χ1) is 17.3. The quantitative estimate of drug-likeness (QED) is 0.314. The van der Waals surface area contributed by atoms with Crippen LogP contribution in [0.2, 0.25) is 0 Å². The fourth-order valence-electron chi connectivity index (χ4n) is 3.59. The molecule has 35 heavy (non-hydrogen) atoms. The molecule has 8 nitrogen and oxygen atoms in total. The molecule has 0 aliphatic heterocycles. The van der Waals surface area contributed by atoms with E-state index >= 15 is 0 Å². The molecule has 6 rings (SSSR count). The molecule has 1 N–H and O–H groups in total. The lowest BCUT2D eigenvalue weighted by Gasteiger charge is -2.08. The highest BCUT2D eigenvalue weighted by Gasteiger charge is 2.16. The maximum atomic E-state index is 5.93. The number of fused-ring (bicyclic) bond motifs is 1. The molecule has 0 radical (unpaired) electrons. The topological polar surface area (TPSA) is 90.2 Å². The van der Waals surface area contributed by atoms with Gasteiger partial charge in [0.15, 0.2) is 5.01 Å². The standard InChI is InChI=1S/C26H20N6O2S/c1-3-7-18(8-4-1)16-33-20-11-13-21(14-12-20)34-17-24-31-32-25(29-30-26(32)35-24)23-15-22(27-28-23)19-9-5-2-6-10-19/h1-15H,16-17H2,(H,27,28). The lowest BCUT2D eigenvalue weighted by atomic mass is 10.1. The van der Waals surface area contributed by atoms with Crippen molar-refractivity contribution in [3.8, 4) is 34.3 Å². The van der Waals surface area contributed by atoms with Crippen molar-refractivity contribution < 1.29 is 9.47 Å². The first-order valence-electron chi connectivity index (χ1n) is 11.0. The summed E-state index contributed by atoms with van der Waals surface area (Å²) in [5, 5.41) is 21.4. The molecule has 6 aromatic rings. The Labute approximate surface area is 204 Å². The fourth-order valence-corrected chi connectivity index (χ4v) is 4.34. The summed E-state index contributed by atoms with van der Waals surface area (Å²) in [6.07, 6.45) is 0. The van der Waals surface area contributed by atoms with Crippen molar-refractivity contribution in [2.24, 2.45) is 0 Å². The summed E-state index contributed by atoms with van der Waals surface area (Å²) in [4.78, 5) is 0.694. The summed E-state index contributed by atoms with van der Waals surface area (Å²) in [5.74, 6) is 2.14.